The maximum atomic E-state index is 12.2. The first-order valence-corrected chi connectivity index (χ1v) is 29.8. The van der Waals surface area contributed by atoms with E-state index in [0.29, 0.717) is 129 Å². The molecule has 6 aromatic rings. The molecule has 0 aromatic carbocycles. The van der Waals surface area contributed by atoms with Gasteiger partial charge in [0.1, 0.15) is 0 Å². The van der Waals surface area contributed by atoms with Crippen molar-refractivity contribution in [2.24, 2.45) is 0 Å². The molecule has 0 fully saturated rings. The molecule has 21 nitrogen and oxygen atoms in total. The van der Waals surface area contributed by atoms with Gasteiger partial charge in [-0.3, -0.25) is 19.2 Å². The van der Waals surface area contributed by atoms with Gasteiger partial charge in [-0.1, -0.05) is 0 Å². The molecular formula is C70H70N8O13. The van der Waals surface area contributed by atoms with E-state index >= 15 is 0 Å². The van der Waals surface area contributed by atoms with Crippen molar-refractivity contribution in [3.05, 3.63) is 151 Å². The Labute approximate surface area is 522 Å². The number of H-pyrrole nitrogens is 4. The molecule has 2 unspecified atom stereocenters. The average Bonchev–Trinajstić information content (AvgIpc) is 1.64. The van der Waals surface area contributed by atoms with E-state index in [-0.39, 0.29) is 51.4 Å². The molecule has 21 heteroatoms. The van der Waals surface area contributed by atoms with Crippen LogP contribution in [-0.2, 0) is 39.9 Å². The first kappa shape index (κ1) is 63.5. The Bertz CT molecular complexity index is 4730. The molecule has 91 heavy (non-hydrogen) atoms. The van der Waals surface area contributed by atoms with Gasteiger partial charge in [0.05, 0.1) is 57.8 Å². The standard InChI is InChI=1S/C70H70N8O13/c1-31-41(11-17-63(79)80)55-25-53-37(7)69(61(77-53)27-51-35(5)45(15-21-67(87)88)59(75-51)29-57-43(13-19-65(83)84)33(3)49(73-57)23-47(31)71-55)39(9)91-40(10)70-38(8)54-26-56-42(12-18-64(81)82)32(2)48(72-56)24-50-34(4)44(14-20-66(85)86)58(74-50)30-60-46(16-22-68(89)90)36(6)52(76-60)28-62(70)78-54/h11-12,17-18,23-30,39-40,71-73,78H,13-16,19-22H2,1-10H3,(H,79,80)(H,81,82)(H,83,84)(H,85,86)(H,87,88)(H,89,90)/b17-11+,18-12+,47-23?,48-24?,49-23?,50-24?,51-27?,52-28?,53-25?,54-26?,55-25?,56-26?,57-29?,58-30?,59-29?,60-30?,61-27?,62-28?. The van der Waals surface area contributed by atoms with Crippen molar-refractivity contribution in [3.63, 3.8) is 0 Å². The number of carboxylic acids is 6. The van der Waals surface area contributed by atoms with Crippen molar-refractivity contribution in [3.8, 4) is 0 Å². The number of rotatable bonds is 20. The number of carbonyl (C=O) groups is 6. The lowest BCUT2D eigenvalue weighted by atomic mass is 9.98. The van der Waals surface area contributed by atoms with Crippen molar-refractivity contribution in [1.82, 2.24) is 39.9 Å². The third-order valence-corrected chi connectivity index (χ3v) is 17.6. The monoisotopic (exact) mass is 1230 g/mol. The van der Waals surface area contributed by atoms with Crippen LogP contribution in [-0.4, -0.2) is 112 Å². The highest BCUT2D eigenvalue weighted by Gasteiger charge is 2.30. The maximum Gasteiger partial charge on any atom is 0.328 e. The van der Waals surface area contributed by atoms with E-state index in [1.54, 1.807) is 6.07 Å². The Morgan fingerprint density at radius 1 is 0.396 bits per heavy atom. The van der Waals surface area contributed by atoms with Gasteiger partial charge in [-0.25, -0.2) is 29.5 Å². The molecule has 0 spiro atoms. The van der Waals surface area contributed by atoms with Crippen molar-refractivity contribution in [2.45, 2.75) is 133 Å². The van der Waals surface area contributed by atoms with Crippen LogP contribution in [0.5, 0.6) is 0 Å². The molecule has 0 radical (unpaired) electrons. The van der Waals surface area contributed by atoms with Crippen LogP contribution < -0.4 is 0 Å². The molecular weight excluding hydrogens is 1160 g/mol. The SMILES string of the molecule is CC1=C(CCC(=O)O)c2cc3nc(cc4[nH]c(cc5[nH]c(cc1n2)c(C)c5/C=C/C(=O)O)c(C)c4C(C)OC(C)C1=C(C)c2cc4[nH]c(cc5[nH]c(cc6nc(cc1n2)C(C)=C6CCC(=O)O)c(CCC(=O)O)c5C)c(C)c4/C=C/C(=O)O)C(C)=C3CCC(=O)O. The summed E-state index contributed by atoms with van der Waals surface area (Å²) >= 11 is 0. The summed E-state index contributed by atoms with van der Waals surface area (Å²) in [4.78, 5) is 107. The van der Waals surface area contributed by atoms with E-state index in [1.165, 1.54) is 12.2 Å². The van der Waals surface area contributed by atoms with E-state index in [0.717, 1.165) is 62.3 Å². The number of nitrogens with one attached hydrogen (secondary N) is 4. The first-order valence-electron chi connectivity index (χ1n) is 29.8. The quantitative estimate of drug-likeness (QED) is 0.0317. The van der Waals surface area contributed by atoms with Crippen molar-refractivity contribution >= 4 is 137 Å². The minimum atomic E-state index is -1.15. The molecule has 10 N–H and O–H groups in total. The summed E-state index contributed by atoms with van der Waals surface area (Å²) in [5.74, 6) is -6.25. The number of aromatic amines is 4. The van der Waals surface area contributed by atoms with Gasteiger partial charge in [-0.2, -0.15) is 0 Å². The van der Waals surface area contributed by atoms with Crippen LogP contribution in [0, 0.1) is 27.7 Å². The Morgan fingerprint density at radius 3 is 1.25 bits per heavy atom. The third-order valence-electron chi connectivity index (χ3n) is 17.6. The fourth-order valence-electron chi connectivity index (χ4n) is 12.7. The van der Waals surface area contributed by atoms with Crippen LogP contribution >= 0.6 is 0 Å². The van der Waals surface area contributed by atoms with Crippen molar-refractivity contribution < 1.29 is 64.1 Å². The molecule has 16 bridgehead atoms. The number of ether oxygens (including phenoxy) is 1. The van der Waals surface area contributed by atoms with Crippen molar-refractivity contribution in [2.75, 3.05) is 0 Å². The summed E-state index contributed by atoms with van der Waals surface area (Å²) in [5.41, 5.74) is 20.4. The van der Waals surface area contributed by atoms with E-state index < -0.39 is 48.0 Å². The first-order chi connectivity index (χ1) is 43.1. The number of aryl methyl sites for hydroxylation is 5. The summed E-state index contributed by atoms with van der Waals surface area (Å²) in [6.45, 7) is 19.0. The Morgan fingerprint density at radius 2 is 0.747 bits per heavy atom. The third kappa shape index (κ3) is 13.0. The smallest absolute Gasteiger partial charge is 0.328 e. The molecule has 0 saturated carbocycles. The topological polar surface area (TPSA) is 348 Å². The molecule has 4 aliphatic rings. The second kappa shape index (κ2) is 25.5. The van der Waals surface area contributed by atoms with Crippen molar-refractivity contribution in [1.29, 1.82) is 0 Å². The highest BCUT2D eigenvalue weighted by atomic mass is 16.5. The zero-order valence-electron chi connectivity index (χ0n) is 52.1. The molecule has 468 valence electrons. The van der Waals surface area contributed by atoms with Gasteiger partial charge >= 0.3 is 35.8 Å². The van der Waals surface area contributed by atoms with E-state index in [4.69, 9.17) is 24.7 Å². The number of fused-ring (bicyclic) bond motifs is 16. The lowest BCUT2D eigenvalue weighted by Crippen LogP contribution is -2.14. The summed E-state index contributed by atoms with van der Waals surface area (Å²) in [7, 11) is 0. The number of hydrogen-bond acceptors (Lipinski definition) is 11. The molecule has 0 aliphatic carbocycles. The minimum Gasteiger partial charge on any atom is -0.481 e. The van der Waals surface area contributed by atoms with Gasteiger partial charge in [0, 0.05) is 104 Å². The molecule has 6 aromatic heterocycles. The Balaban J connectivity index is 1.21. The fourth-order valence-corrected chi connectivity index (χ4v) is 12.7. The molecule has 10 heterocycles. The van der Waals surface area contributed by atoms with Gasteiger partial charge in [0.15, 0.2) is 0 Å². The fraction of sp³-hybridized carbons (Fsp3) is 0.286. The normalized spacial score (nSPS) is 14.2. The van der Waals surface area contributed by atoms with Crippen LogP contribution in [0.3, 0.4) is 0 Å². The number of carboxylic acid groups (broad SMARTS) is 6. The van der Waals surface area contributed by atoms with E-state index in [1.807, 2.05) is 112 Å². The van der Waals surface area contributed by atoms with Crippen LogP contribution in [0.4, 0.5) is 0 Å². The summed E-state index contributed by atoms with van der Waals surface area (Å²) in [6, 6.07) is 14.8. The lowest BCUT2D eigenvalue weighted by Gasteiger charge is -2.22. The van der Waals surface area contributed by atoms with Gasteiger partial charge in [-0.05, 0) is 222 Å². The van der Waals surface area contributed by atoms with Gasteiger partial charge in [0.2, 0.25) is 0 Å². The molecule has 0 saturated heterocycles. The lowest BCUT2D eigenvalue weighted by molar-refractivity contribution is -0.137. The average molecular weight is 1230 g/mol. The molecule has 2 atom stereocenters. The zero-order valence-corrected chi connectivity index (χ0v) is 52.1. The van der Waals surface area contributed by atoms with E-state index in [2.05, 4.69) is 19.9 Å². The summed E-state index contributed by atoms with van der Waals surface area (Å²) in [5, 5.41) is 59.3. The predicted octanol–water partition coefficient (Wildman–Crippen LogP) is 13.9. The molecule has 4 aliphatic heterocycles. The molecule has 10 rings (SSSR count). The van der Waals surface area contributed by atoms with Gasteiger partial charge < -0.3 is 55.3 Å². The number of aliphatic carboxylic acids is 6. The summed E-state index contributed by atoms with van der Waals surface area (Å²) in [6.07, 6.45) is 3.68. The number of nitrogens with zero attached hydrogens (tertiary/aromatic N) is 4. The minimum absolute atomic E-state index is 0.140. The number of aromatic nitrogens is 8. The van der Waals surface area contributed by atoms with Crippen LogP contribution in [0.25, 0.3) is 101 Å². The van der Waals surface area contributed by atoms with Crippen LogP contribution in [0.2, 0.25) is 0 Å². The number of hydrogen-bond donors (Lipinski definition) is 10. The Kier molecular flexibility index (Phi) is 17.8. The number of allylic oxidation sites excluding steroid dienone is 7. The largest absolute Gasteiger partial charge is 0.481 e. The van der Waals surface area contributed by atoms with E-state index in [9.17, 15) is 59.4 Å². The van der Waals surface area contributed by atoms with Gasteiger partial charge in [-0.15, -0.1) is 0 Å². The highest BCUT2D eigenvalue weighted by Crippen LogP contribution is 2.43. The second-order valence-electron chi connectivity index (χ2n) is 23.4. The Hall–Kier alpha value is -10.5. The van der Waals surface area contributed by atoms with Crippen LogP contribution in [0.1, 0.15) is 183 Å². The summed E-state index contributed by atoms with van der Waals surface area (Å²) < 4.78 is 7.24. The highest BCUT2D eigenvalue weighted by molar-refractivity contribution is 6.00. The van der Waals surface area contributed by atoms with Crippen LogP contribution in [0.15, 0.2) is 60.7 Å². The maximum absolute atomic E-state index is 12.2. The van der Waals surface area contributed by atoms with Gasteiger partial charge in [0.25, 0.3) is 0 Å². The second-order valence-corrected chi connectivity index (χ2v) is 23.4. The predicted molar refractivity (Wildman–Crippen MR) is 350 cm³/mol. The molecule has 0 amide bonds. The zero-order chi connectivity index (χ0) is 65.6.